The molecule has 0 unspecified atom stereocenters. The van der Waals surface area contributed by atoms with Gasteiger partial charge in [-0.1, -0.05) is 0 Å². The number of aromatic amines is 2. The van der Waals surface area contributed by atoms with Gasteiger partial charge in [0.05, 0.1) is 28.2 Å². The van der Waals surface area contributed by atoms with Crippen LogP contribution in [-0.4, -0.2) is 47.5 Å². The van der Waals surface area contributed by atoms with E-state index in [1.165, 1.54) is 12.4 Å². The summed E-state index contributed by atoms with van der Waals surface area (Å²) in [6.45, 7) is 1.27. The molecule has 11 nitrogen and oxygen atoms in total. The Morgan fingerprint density at radius 1 is 1.21 bits per heavy atom. The molecule has 0 aliphatic carbocycles. The number of nitrogens with one attached hydrogen (secondary N) is 2. The number of nitro groups is 1. The molecule has 0 aromatic carbocycles. The van der Waals surface area contributed by atoms with Gasteiger partial charge in [0, 0.05) is 24.7 Å². The molecule has 0 radical (unpaired) electrons. The van der Waals surface area contributed by atoms with Crippen molar-refractivity contribution in [2.45, 2.75) is 18.9 Å². The zero-order chi connectivity index (χ0) is 19.3. The molecule has 0 amide bonds. The first-order valence-electron chi connectivity index (χ1n) is 8.89. The summed E-state index contributed by atoms with van der Waals surface area (Å²) < 4.78 is 1.78. The summed E-state index contributed by atoms with van der Waals surface area (Å²) in [4.78, 5) is 43.5. The van der Waals surface area contributed by atoms with E-state index in [9.17, 15) is 14.9 Å². The Morgan fingerprint density at radius 3 is 2.82 bits per heavy atom. The van der Waals surface area contributed by atoms with Crippen molar-refractivity contribution in [2.24, 2.45) is 0 Å². The van der Waals surface area contributed by atoms with Crippen LogP contribution >= 0.6 is 0 Å². The van der Waals surface area contributed by atoms with Gasteiger partial charge in [-0.05, 0) is 18.9 Å². The van der Waals surface area contributed by atoms with E-state index in [-0.39, 0.29) is 17.4 Å². The highest BCUT2D eigenvalue weighted by Crippen LogP contribution is 2.29. The molecule has 4 aromatic heterocycles. The first kappa shape index (κ1) is 16.4. The van der Waals surface area contributed by atoms with Gasteiger partial charge < -0.3 is 14.9 Å². The number of pyridine rings is 1. The van der Waals surface area contributed by atoms with Crippen LogP contribution in [-0.2, 0) is 0 Å². The van der Waals surface area contributed by atoms with Crippen LogP contribution in [0, 0.1) is 10.1 Å². The van der Waals surface area contributed by atoms with E-state index in [2.05, 4.69) is 24.9 Å². The highest BCUT2D eigenvalue weighted by atomic mass is 16.6. The zero-order valence-corrected chi connectivity index (χ0v) is 14.7. The van der Waals surface area contributed by atoms with Crippen LogP contribution in [0.4, 0.5) is 11.6 Å². The first-order valence-corrected chi connectivity index (χ1v) is 8.89. The summed E-state index contributed by atoms with van der Waals surface area (Å²) >= 11 is 0. The third-order valence-electron chi connectivity index (χ3n) is 5.14. The Morgan fingerprint density at radius 2 is 2.04 bits per heavy atom. The van der Waals surface area contributed by atoms with Crippen LogP contribution in [0.25, 0.3) is 22.1 Å². The fourth-order valence-electron chi connectivity index (χ4n) is 3.89. The second kappa shape index (κ2) is 6.15. The van der Waals surface area contributed by atoms with Crippen molar-refractivity contribution < 1.29 is 4.92 Å². The number of piperidine rings is 1. The molecule has 5 heterocycles. The lowest BCUT2D eigenvalue weighted by Gasteiger charge is -2.33. The monoisotopic (exact) mass is 380 g/mol. The molecule has 0 saturated carbocycles. The van der Waals surface area contributed by atoms with Gasteiger partial charge in [-0.3, -0.25) is 14.7 Å². The van der Waals surface area contributed by atoms with Crippen molar-refractivity contribution in [3.05, 3.63) is 51.5 Å². The zero-order valence-electron chi connectivity index (χ0n) is 14.7. The van der Waals surface area contributed by atoms with Gasteiger partial charge in [0.1, 0.15) is 18.0 Å². The highest BCUT2D eigenvalue weighted by Gasteiger charge is 2.27. The Hall–Kier alpha value is -3.76. The molecule has 4 aromatic rings. The number of nitrogens with zero attached hydrogens (tertiary/aromatic N) is 6. The van der Waals surface area contributed by atoms with E-state index in [0.29, 0.717) is 18.0 Å². The molecule has 5 rings (SSSR count). The van der Waals surface area contributed by atoms with Crippen LogP contribution in [0.15, 0.2) is 35.6 Å². The summed E-state index contributed by atoms with van der Waals surface area (Å²) in [5.74, 6) is 0.427. The maximum Gasteiger partial charge on any atom is 0.326 e. The van der Waals surface area contributed by atoms with Crippen molar-refractivity contribution in [3.63, 3.8) is 0 Å². The van der Waals surface area contributed by atoms with Crippen LogP contribution in [0.2, 0.25) is 0 Å². The molecule has 11 heteroatoms. The topological polar surface area (TPSA) is 139 Å². The minimum absolute atomic E-state index is 0.0747. The Balaban J connectivity index is 1.53. The van der Waals surface area contributed by atoms with Gasteiger partial charge in [-0.2, -0.15) is 0 Å². The van der Waals surface area contributed by atoms with Crippen molar-refractivity contribution in [3.8, 4) is 0 Å². The minimum atomic E-state index is -0.523. The third-order valence-corrected chi connectivity index (χ3v) is 5.14. The van der Waals surface area contributed by atoms with Crippen molar-refractivity contribution in [2.75, 3.05) is 18.0 Å². The summed E-state index contributed by atoms with van der Waals surface area (Å²) in [7, 11) is 0. The summed E-state index contributed by atoms with van der Waals surface area (Å²) in [5, 5.41) is 11.7. The maximum atomic E-state index is 12.7. The number of hydrogen-bond donors (Lipinski definition) is 2. The number of imidazole rings is 1. The van der Waals surface area contributed by atoms with Gasteiger partial charge >= 0.3 is 11.4 Å². The molecular weight excluding hydrogens is 364 g/mol. The Bertz CT molecular complexity index is 1240. The number of hydrogen-bond acceptors (Lipinski definition) is 7. The average Bonchev–Trinajstić information content (AvgIpc) is 3.31. The second-order valence-electron chi connectivity index (χ2n) is 6.80. The van der Waals surface area contributed by atoms with Gasteiger partial charge in [-0.15, -0.1) is 0 Å². The van der Waals surface area contributed by atoms with Gasteiger partial charge in [0.25, 0.3) is 0 Å². The van der Waals surface area contributed by atoms with Crippen LogP contribution in [0.1, 0.15) is 18.9 Å². The molecular formula is C17H16N8O3. The fourth-order valence-corrected chi connectivity index (χ4v) is 3.89. The molecule has 2 N–H and O–H groups in total. The normalized spacial score (nSPS) is 17.4. The molecule has 0 bridgehead atoms. The first-order chi connectivity index (χ1) is 13.6. The molecule has 1 saturated heterocycles. The van der Waals surface area contributed by atoms with Crippen LogP contribution in [0.3, 0.4) is 0 Å². The Labute approximate surface area is 157 Å². The van der Waals surface area contributed by atoms with E-state index >= 15 is 0 Å². The largest absolute Gasteiger partial charge is 0.346 e. The predicted octanol–water partition coefficient (Wildman–Crippen LogP) is 1.75. The Kier molecular flexibility index (Phi) is 3.60. The lowest BCUT2D eigenvalue weighted by Crippen LogP contribution is -2.40. The highest BCUT2D eigenvalue weighted by molar-refractivity contribution is 6.00. The van der Waals surface area contributed by atoms with E-state index in [1.54, 1.807) is 17.0 Å². The van der Waals surface area contributed by atoms with Gasteiger partial charge in [0.15, 0.2) is 0 Å². The second-order valence-corrected chi connectivity index (χ2v) is 6.80. The summed E-state index contributed by atoms with van der Waals surface area (Å²) in [5.41, 5.74) is 1.93. The number of fused-ring (bicyclic) bond motifs is 3. The smallest absolute Gasteiger partial charge is 0.326 e. The van der Waals surface area contributed by atoms with Gasteiger partial charge in [0.2, 0.25) is 5.95 Å². The standard InChI is InChI=1S/C17H16N8O3/c26-17-22-13-8-19-15-12(3-4-18-15)14(13)24(17)10-2-1-5-23(9-10)16-20-6-11(7-21-16)25(27)28/h3-4,6-8,10H,1-2,5,9H2,(H,18,19)(H,22,26)/t10-/m1/s1. The predicted molar refractivity (Wildman–Crippen MR) is 101 cm³/mol. The molecule has 142 valence electrons. The molecule has 28 heavy (non-hydrogen) atoms. The average molecular weight is 380 g/mol. The van der Waals surface area contributed by atoms with E-state index in [0.717, 1.165) is 35.9 Å². The SMILES string of the molecule is O=c1[nH]c2cnc3[nH]ccc3c2n1[C@@H]1CCCN(c2ncc([N+](=O)[O-])cn2)C1. The van der Waals surface area contributed by atoms with E-state index in [1.807, 2.05) is 11.0 Å². The number of aromatic nitrogens is 6. The third kappa shape index (κ3) is 2.51. The molecule has 0 spiro atoms. The number of H-pyrrole nitrogens is 2. The lowest BCUT2D eigenvalue weighted by atomic mass is 10.1. The molecule has 1 fully saturated rings. The summed E-state index contributed by atoms with van der Waals surface area (Å²) in [6, 6.07) is 1.84. The number of anilines is 1. The minimum Gasteiger partial charge on any atom is -0.346 e. The van der Waals surface area contributed by atoms with Crippen molar-refractivity contribution in [1.29, 1.82) is 0 Å². The van der Waals surface area contributed by atoms with Gasteiger partial charge in [-0.25, -0.2) is 19.7 Å². The number of rotatable bonds is 3. The summed E-state index contributed by atoms with van der Waals surface area (Å²) in [6.07, 6.45) is 7.57. The van der Waals surface area contributed by atoms with Crippen molar-refractivity contribution >= 4 is 33.7 Å². The fraction of sp³-hybridized carbons (Fsp3) is 0.294. The van der Waals surface area contributed by atoms with Crippen LogP contribution < -0.4 is 10.6 Å². The van der Waals surface area contributed by atoms with E-state index < -0.39 is 4.92 Å². The molecule has 1 atom stereocenters. The maximum absolute atomic E-state index is 12.7. The van der Waals surface area contributed by atoms with E-state index in [4.69, 9.17) is 0 Å². The quantitative estimate of drug-likeness (QED) is 0.408. The van der Waals surface area contributed by atoms with Crippen molar-refractivity contribution in [1.82, 2.24) is 29.5 Å². The molecule has 1 aliphatic heterocycles. The lowest BCUT2D eigenvalue weighted by molar-refractivity contribution is -0.385. The van der Waals surface area contributed by atoms with Crippen LogP contribution in [0.5, 0.6) is 0 Å². The molecule has 1 aliphatic rings.